The molecule has 0 radical (unpaired) electrons. The molecule has 1 atom stereocenters. The second-order valence-corrected chi connectivity index (χ2v) is 5.13. The van der Waals surface area contributed by atoms with Crippen molar-refractivity contribution in [3.63, 3.8) is 0 Å². The molecule has 1 aromatic rings. The molecule has 0 amide bonds. The third-order valence-corrected chi connectivity index (χ3v) is 3.01. The van der Waals surface area contributed by atoms with Crippen LogP contribution in [-0.4, -0.2) is 5.11 Å². The summed E-state index contributed by atoms with van der Waals surface area (Å²) in [5, 5.41) is 10.0. The molecule has 1 aromatic carbocycles. The van der Waals surface area contributed by atoms with Gasteiger partial charge in [-0.1, -0.05) is 38.1 Å². The van der Waals surface area contributed by atoms with Gasteiger partial charge in [0.2, 0.25) is 0 Å². The first-order chi connectivity index (χ1) is 7.16. The quantitative estimate of drug-likeness (QED) is 0.797. The second-order valence-electron chi connectivity index (χ2n) is 5.13. The molecule has 15 heavy (non-hydrogen) atoms. The zero-order valence-corrected chi connectivity index (χ0v) is 9.61. The Labute approximate surface area is 92.1 Å². The molecule has 1 heteroatoms. The average Bonchev–Trinajstić information content (AvgIpc) is 2.99. The predicted molar refractivity (Wildman–Crippen MR) is 62.7 cm³/mol. The van der Waals surface area contributed by atoms with Crippen LogP contribution in [-0.2, 0) is 6.42 Å². The van der Waals surface area contributed by atoms with Crippen molar-refractivity contribution in [1.29, 1.82) is 0 Å². The van der Waals surface area contributed by atoms with E-state index in [2.05, 4.69) is 32.0 Å². The molecule has 82 valence electrons. The van der Waals surface area contributed by atoms with E-state index < -0.39 is 0 Å². The fraction of sp³-hybridized carbons (Fsp3) is 0.571. The molecule has 1 fully saturated rings. The predicted octanol–water partition coefficient (Wildman–Crippen LogP) is 3.33. The van der Waals surface area contributed by atoms with Crippen LogP contribution >= 0.6 is 0 Å². The van der Waals surface area contributed by atoms with Crippen LogP contribution in [0.1, 0.15) is 43.9 Å². The van der Waals surface area contributed by atoms with Crippen LogP contribution in [0.25, 0.3) is 0 Å². The summed E-state index contributed by atoms with van der Waals surface area (Å²) < 4.78 is 0. The van der Waals surface area contributed by atoms with Gasteiger partial charge in [-0.3, -0.25) is 0 Å². The largest absolute Gasteiger partial charge is 0.388 e. The van der Waals surface area contributed by atoms with Crippen LogP contribution < -0.4 is 0 Å². The van der Waals surface area contributed by atoms with Crippen LogP contribution in [0.5, 0.6) is 0 Å². The van der Waals surface area contributed by atoms with Crippen molar-refractivity contribution in [1.82, 2.24) is 0 Å². The maximum absolute atomic E-state index is 10.0. The maximum Gasteiger partial charge on any atom is 0.0818 e. The summed E-state index contributed by atoms with van der Waals surface area (Å²) in [7, 11) is 0. The van der Waals surface area contributed by atoms with E-state index in [0.29, 0.717) is 11.8 Å². The van der Waals surface area contributed by atoms with Gasteiger partial charge in [0.1, 0.15) is 0 Å². The number of benzene rings is 1. The molecule has 1 saturated carbocycles. The van der Waals surface area contributed by atoms with Gasteiger partial charge >= 0.3 is 0 Å². The van der Waals surface area contributed by atoms with E-state index in [1.165, 1.54) is 18.4 Å². The van der Waals surface area contributed by atoms with Crippen molar-refractivity contribution >= 4 is 0 Å². The molecule has 0 saturated heterocycles. The SMILES string of the molecule is CC(C)Cc1cccc(C(O)C2CC2)c1. The van der Waals surface area contributed by atoms with Crippen molar-refractivity contribution in [2.45, 2.75) is 39.2 Å². The van der Waals surface area contributed by atoms with Crippen molar-refractivity contribution in [3.8, 4) is 0 Å². The Balaban J connectivity index is 2.10. The summed E-state index contributed by atoms with van der Waals surface area (Å²) in [6.45, 7) is 4.45. The lowest BCUT2D eigenvalue weighted by Gasteiger charge is -2.12. The minimum atomic E-state index is -0.225. The lowest BCUT2D eigenvalue weighted by molar-refractivity contribution is 0.153. The fourth-order valence-electron chi connectivity index (χ4n) is 2.06. The number of hydrogen-bond donors (Lipinski definition) is 1. The molecule has 1 aliphatic rings. The van der Waals surface area contributed by atoms with Gasteiger partial charge in [0, 0.05) is 0 Å². The Bertz CT molecular complexity index is 326. The summed E-state index contributed by atoms with van der Waals surface area (Å²) >= 11 is 0. The third kappa shape index (κ3) is 2.82. The zero-order valence-electron chi connectivity index (χ0n) is 9.61. The highest BCUT2D eigenvalue weighted by Crippen LogP contribution is 2.40. The van der Waals surface area contributed by atoms with Gasteiger partial charge in [-0.15, -0.1) is 0 Å². The van der Waals surface area contributed by atoms with Crippen LogP contribution in [0.4, 0.5) is 0 Å². The summed E-state index contributed by atoms with van der Waals surface area (Å²) in [5.41, 5.74) is 2.46. The van der Waals surface area contributed by atoms with Crippen LogP contribution in [0.3, 0.4) is 0 Å². The number of aliphatic hydroxyl groups is 1. The van der Waals surface area contributed by atoms with Crippen molar-refractivity contribution in [2.75, 3.05) is 0 Å². The van der Waals surface area contributed by atoms with E-state index in [1.54, 1.807) is 0 Å². The Hall–Kier alpha value is -0.820. The minimum Gasteiger partial charge on any atom is -0.388 e. The molecule has 0 aromatic heterocycles. The van der Waals surface area contributed by atoms with Gasteiger partial charge < -0.3 is 5.11 Å². The highest BCUT2D eigenvalue weighted by molar-refractivity contribution is 5.26. The highest BCUT2D eigenvalue weighted by atomic mass is 16.3. The van der Waals surface area contributed by atoms with Crippen molar-refractivity contribution < 1.29 is 5.11 Å². The molecule has 0 bridgehead atoms. The molecule has 1 nitrogen and oxygen atoms in total. The van der Waals surface area contributed by atoms with Crippen molar-refractivity contribution in [2.24, 2.45) is 11.8 Å². The van der Waals surface area contributed by atoms with Crippen LogP contribution in [0.2, 0.25) is 0 Å². The number of rotatable bonds is 4. The number of aliphatic hydroxyl groups excluding tert-OH is 1. The molecular formula is C14H20O. The van der Waals surface area contributed by atoms with E-state index in [-0.39, 0.29) is 6.10 Å². The molecule has 1 N–H and O–H groups in total. The van der Waals surface area contributed by atoms with Gasteiger partial charge in [-0.25, -0.2) is 0 Å². The lowest BCUT2D eigenvalue weighted by Crippen LogP contribution is -2.01. The maximum atomic E-state index is 10.0. The third-order valence-electron chi connectivity index (χ3n) is 3.01. The molecule has 0 aliphatic heterocycles. The average molecular weight is 204 g/mol. The first-order valence-corrected chi connectivity index (χ1v) is 5.93. The molecule has 0 heterocycles. The standard InChI is InChI=1S/C14H20O/c1-10(2)8-11-4-3-5-13(9-11)14(15)12-6-7-12/h3-5,9-10,12,14-15H,6-8H2,1-2H3. The van der Waals surface area contributed by atoms with Gasteiger partial charge in [-0.05, 0) is 42.2 Å². The summed E-state index contributed by atoms with van der Waals surface area (Å²) in [6.07, 6.45) is 3.26. The Morgan fingerprint density at radius 2 is 2.07 bits per heavy atom. The monoisotopic (exact) mass is 204 g/mol. The fourth-order valence-corrected chi connectivity index (χ4v) is 2.06. The van der Waals surface area contributed by atoms with Crippen LogP contribution in [0.15, 0.2) is 24.3 Å². The molecule has 1 aliphatic carbocycles. The first kappa shape index (κ1) is 10.7. The van der Waals surface area contributed by atoms with Crippen molar-refractivity contribution in [3.05, 3.63) is 35.4 Å². The van der Waals surface area contributed by atoms with E-state index in [4.69, 9.17) is 0 Å². The molecule has 2 rings (SSSR count). The normalized spacial score (nSPS) is 18.1. The summed E-state index contributed by atoms with van der Waals surface area (Å²) in [4.78, 5) is 0. The number of hydrogen-bond acceptors (Lipinski definition) is 1. The highest BCUT2D eigenvalue weighted by Gasteiger charge is 2.30. The Morgan fingerprint density at radius 3 is 2.67 bits per heavy atom. The first-order valence-electron chi connectivity index (χ1n) is 5.93. The molecule has 1 unspecified atom stereocenters. The molecule has 0 spiro atoms. The lowest BCUT2D eigenvalue weighted by atomic mass is 9.98. The summed E-state index contributed by atoms with van der Waals surface area (Å²) in [6, 6.07) is 8.44. The van der Waals surface area contributed by atoms with Gasteiger partial charge in [0.15, 0.2) is 0 Å². The van der Waals surface area contributed by atoms with E-state index in [1.807, 2.05) is 6.07 Å². The minimum absolute atomic E-state index is 0.225. The Morgan fingerprint density at radius 1 is 1.33 bits per heavy atom. The summed E-state index contributed by atoms with van der Waals surface area (Å²) in [5.74, 6) is 1.21. The van der Waals surface area contributed by atoms with Crippen LogP contribution in [0, 0.1) is 11.8 Å². The van der Waals surface area contributed by atoms with Gasteiger partial charge in [-0.2, -0.15) is 0 Å². The zero-order chi connectivity index (χ0) is 10.8. The smallest absolute Gasteiger partial charge is 0.0818 e. The Kier molecular flexibility index (Phi) is 3.11. The van der Waals surface area contributed by atoms with E-state index in [0.717, 1.165) is 12.0 Å². The molecular weight excluding hydrogens is 184 g/mol. The van der Waals surface area contributed by atoms with E-state index >= 15 is 0 Å². The topological polar surface area (TPSA) is 20.2 Å². The van der Waals surface area contributed by atoms with Gasteiger partial charge in [0.05, 0.1) is 6.10 Å². The van der Waals surface area contributed by atoms with E-state index in [9.17, 15) is 5.11 Å². The second kappa shape index (κ2) is 4.36. The van der Waals surface area contributed by atoms with Gasteiger partial charge in [0.25, 0.3) is 0 Å².